The maximum absolute atomic E-state index is 8.66. The van der Waals surface area contributed by atoms with Crippen molar-refractivity contribution in [2.24, 2.45) is 16.6 Å². The molecule has 0 radical (unpaired) electrons. The van der Waals surface area contributed by atoms with Gasteiger partial charge < -0.3 is 16.2 Å². The second-order valence-electron chi connectivity index (χ2n) is 5.77. The van der Waals surface area contributed by atoms with Crippen molar-refractivity contribution in [3.05, 3.63) is 0 Å². The van der Waals surface area contributed by atoms with Gasteiger partial charge in [0.05, 0.1) is 0 Å². The molecule has 4 nitrogen and oxygen atoms in total. The molecule has 0 aliphatic carbocycles. The van der Waals surface area contributed by atoms with Gasteiger partial charge in [0, 0.05) is 19.2 Å². The Hall–Kier alpha value is -0.0400. The number of aliphatic hydroxyl groups is 1. The van der Waals surface area contributed by atoms with Crippen molar-refractivity contribution in [2.75, 3.05) is 13.2 Å². The number of guanidine groups is 1. The molecule has 122 valence electrons. The van der Waals surface area contributed by atoms with Crippen LogP contribution in [0.5, 0.6) is 0 Å². The molecule has 0 amide bonds. The van der Waals surface area contributed by atoms with Crippen molar-refractivity contribution >= 4 is 29.9 Å². The average molecular weight is 399 g/mol. The van der Waals surface area contributed by atoms with Crippen LogP contribution in [0.4, 0.5) is 0 Å². The van der Waals surface area contributed by atoms with E-state index in [9.17, 15) is 0 Å². The molecule has 20 heavy (non-hydrogen) atoms. The summed E-state index contributed by atoms with van der Waals surface area (Å²) < 4.78 is 0. The summed E-state index contributed by atoms with van der Waals surface area (Å²) in [5.41, 5.74) is 5.85. The molecule has 0 aromatic heterocycles. The standard InChI is InChI=1S/C15H33N3O.HI/c1-13(2)9-8-10-14(3)18-15(16)17-11-6-4-5-7-12-19;/h13-14,19H,4-12H2,1-3H3,(H3,16,17,18);1H. The summed E-state index contributed by atoms with van der Waals surface area (Å²) in [4.78, 5) is 4.33. The molecular weight excluding hydrogens is 365 g/mol. The SMILES string of the molecule is CC(C)CCCC(C)NC(N)=NCCCCCCO.I. The van der Waals surface area contributed by atoms with Crippen LogP contribution in [0.15, 0.2) is 4.99 Å². The Morgan fingerprint density at radius 1 is 1.05 bits per heavy atom. The van der Waals surface area contributed by atoms with Crippen LogP contribution in [0.2, 0.25) is 0 Å². The molecule has 0 rings (SSSR count). The minimum Gasteiger partial charge on any atom is -0.396 e. The molecule has 0 saturated heterocycles. The Morgan fingerprint density at radius 2 is 1.70 bits per heavy atom. The van der Waals surface area contributed by atoms with Crippen molar-refractivity contribution < 1.29 is 5.11 Å². The quantitative estimate of drug-likeness (QED) is 0.216. The van der Waals surface area contributed by atoms with E-state index in [-0.39, 0.29) is 24.0 Å². The lowest BCUT2D eigenvalue weighted by molar-refractivity contribution is 0.282. The van der Waals surface area contributed by atoms with Crippen molar-refractivity contribution in [2.45, 2.75) is 71.8 Å². The molecule has 0 bridgehead atoms. The molecule has 0 aromatic rings. The lowest BCUT2D eigenvalue weighted by atomic mass is 10.0. The zero-order valence-corrected chi connectivity index (χ0v) is 15.7. The van der Waals surface area contributed by atoms with E-state index in [4.69, 9.17) is 10.8 Å². The summed E-state index contributed by atoms with van der Waals surface area (Å²) in [5.74, 6) is 1.34. The number of nitrogens with two attached hydrogens (primary N) is 1. The minimum atomic E-state index is 0. The highest BCUT2D eigenvalue weighted by Gasteiger charge is 2.03. The van der Waals surface area contributed by atoms with Gasteiger partial charge in [0.15, 0.2) is 5.96 Å². The summed E-state index contributed by atoms with van der Waals surface area (Å²) in [6.07, 6.45) is 7.78. The summed E-state index contributed by atoms with van der Waals surface area (Å²) in [5, 5.41) is 11.9. The highest BCUT2D eigenvalue weighted by Crippen LogP contribution is 2.08. The van der Waals surface area contributed by atoms with Crippen LogP contribution >= 0.6 is 24.0 Å². The number of halogens is 1. The van der Waals surface area contributed by atoms with E-state index in [0.29, 0.717) is 18.6 Å². The Morgan fingerprint density at radius 3 is 2.30 bits per heavy atom. The predicted octanol–water partition coefficient (Wildman–Crippen LogP) is 3.28. The van der Waals surface area contributed by atoms with Gasteiger partial charge in [0.25, 0.3) is 0 Å². The molecule has 4 N–H and O–H groups in total. The molecular formula is C15H34IN3O. The predicted molar refractivity (Wildman–Crippen MR) is 98.7 cm³/mol. The molecule has 0 fully saturated rings. The Kier molecular flexibility index (Phi) is 17.1. The first-order valence-corrected chi connectivity index (χ1v) is 7.73. The van der Waals surface area contributed by atoms with Crippen LogP contribution < -0.4 is 11.1 Å². The van der Waals surface area contributed by atoms with Crippen LogP contribution in [-0.2, 0) is 0 Å². The zero-order valence-electron chi connectivity index (χ0n) is 13.4. The molecule has 0 aromatic carbocycles. The van der Waals surface area contributed by atoms with E-state index in [1.54, 1.807) is 0 Å². The first-order valence-electron chi connectivity index (χ1n) is 7.73. The van der Waals surface area contributed by atoms with Gasteiger partial charge in [-0.1, -0.05) is 39.5 Å². The maximum Gasteiger partial charge on any atom is 0.188 e. The van der Waals surface area contributed by atoms with E-state index < -0.39 is 0 Å². The smallest absolute Gasteiger partial charge is 0.188 e. The summed E-state index contributed by atoms with van der Waals surface area (Å²) >= 11 is 0. The molecule has 0 spiro atoms. The minimum absolute atomic E-state index is 0. The van der Waals surface area contributed by atoms with Gasteiger partial charge in [-0.3, -0.25) is 4.99 Å². The maximum atomic E-state index is 8.66. The largest absolute Gasteiger partial charge is 0.396 e. The third-order valence-corrected chi connectivity index (χ3v) is 3.16. The number of unbranched alkanes of at least 4 members (excludes halogenated alkanes) is 3. The second-order valence-corrected chi connectivity index (χ2v) is 5.77. The number of aliphatic imine (C=N–C) groups is 1. The fourth-order valence-electron chi connectivity index (χ4n) is 1.98. The van der Waals surface area contributed by atoms with Gasteiger partial charge in [0.2, 0.25) is 0 Å². The van der Waals surface area contributed by atoms with Crippen molar-refractivity contribution in [1.29, 1.82) is 0 Å². The number of nitrogens with zero attached hydrogens (tertiary/aromatic N) is 1. The van der Waals surface area contributed by atoms with Gasteiger partial charge in [0.1, 0.15) is 0 Å². The van der Waals surface area contributed by atoms with Gasteiger partial charge in [-0.05, 0) is 32.1 Å². The third-order valence-electron chi connectivity index (χ3n) is 3.16. The number of nitrogens with one attached hydrogen (secondary N) is 1. The fraction of sp³-hybridized carbons (Fsp3) is 0.933. The van der Waals surface area contributed by atoms with E-state index in [1.165, 1.54) is 12.8 Å². The average Bonchev–Trinajstić information content (AvgIpc) is 2.33. The van der Waals surface area contributed by atoms with E-state index in [0.717, 1.165) is 44.6 Å². The van der Waals surface area contributed by atoms with Gasteiger partial charge >= 0.3 is 0 Å². The summed E-state index contributed by atoms with van der Waals surface area (Å²) in [6.45, 7) is 7.74. The highest BCUT2D eigenvalue weighted by atomic mass is 127. The topological polar surface area (TPSA) is 70.6 Å². The third kappa shape index (κ3) is 16.0. The molecule has 0 saturated carbocycles. The number of hydrogen-bond acceptors (Lipinski definition) is 2. The lowest BCUT2D eigenvalue weighted by Crippen LogP contribution is -2.38. The number of aliphatic hydroxyl groups excluding tert-OH is 1. The molecule has 0 heterocycles. The number of rotatable bonds is 11. The molecule has 1 atom stereocenters. The second kappa shape index (κ2) is 15.4. The van der Waals surface area contributed by atoms with Crippen LogP contribution in [0.3, 0.4) is 0 Å². The van der Waals surface area contributed by atoms with Crippen LogP contribution in [0, 0.1) is 5.92 Å². The monoisotopic (exact) mass is 399 g/mol. The van der Waals surface area contributed by atoms with Crippen molar-refractivity contribution in [3.8, 4) is 0 Å². The van der Waals surface area contributed by atoms with Crippen molar-refractivity contribution in [3.63, 3.8) is 0 Å². The first-order chi connectivity index (χ1) is 9.06. The van der Waals surface area contributed by atoms with Gasteiger partial charge in [-0.25, -0.2) is 0 Å². The van der Waals surface area contributed by atoms with E-state index in [1.807, 2.05) is 0 Å². The Bertz CT molecular complexity index is 235. The van der Waals surface area contributed by atoms with Crippen LogP contribution in [0.1, 0.15) is 65.7 Å². The normalized spacial score (nSPS) is 13.2. The molecule has 0 aliphatic heterocycles. The zero-order chi connectivity index (χ0) is 14.5. The first kappa shape index (κ1) is 22.2. The summed E-state index contributed by atoms with van der Waals surface area (Å²) in [7, 11) is 0. The van der Waals surface area contributed by atoms with E-state index in [2.05, 4.69) is 31.1 Å². The molecule has 1 unspecified atom stereocenters. The fourth-order valence-corrected chi connectivity index (χ4v) is 1.98. The Labute approximate surface area is 142 Å². The molecule has 0 aliphatic rings. The van der Waals surface area contributed by atoms with Gasteiger partial charge in [-0.15, -0.1) is 24.0 Å². The van der Waals surface area contributed by atoms with Crippen LogP contribution in [-0.4, -0.2) is 30.3 Å². The molecule has 5 heteroatoms. The van der Waals surface area contributed by atoms with Crippen molar-refractivity contribution in [1.82, 2.24) is 5.32 Å². The summed E-state index contributed by atoms with van der Waals surface area (Å²) in [6, 6.07) is 0.400. The van der Waals surface area contributed by atoms with Crippen LogP contribution in [0.25, 0.3) is 0 Å². The Balaban J connectivity index is 0. The lowest BCUT2D eigenvalue weighted by Gasteiger charge is -2.15. The number of hydrogen-bond donors (Lipinski definition) is 3. The van der Waals surface area contributed by atoms with E-state index >= 15 is 0 Å². The highest BCUT2D eigenvalue weighted by molar-refractivity contribution is 14.0. The van der Waals surface area contributed by atoms with Gasteiger partial charge in [-0.2, -0.15) is 0 Å².